The molecular formula is C26H19ClN2O3S. The van der Waals surface area contributed by atoms with E-state index in [0.717, 1.165) is 26.1 Å². The lowest BCUT2D eigenvalue weighted by Crippen LogP contribution is -2.44. The van der Waals surface area contributed by atoms with Crippen molar-refractivity contribution in [1.82, 2.24) is 4.90 Å². The number of imide groups is 1. The molecule has 1 aliphatic rings. The second-order valence-corrected chi connectivity index (χ2v) is 9.42. The molecule has 2 heterocycles. The third kappa shape index (κ3) is 3.52. The zero-order valence-corrected chi connectivity index (χ0v) is 19.5. The lowest BCUT2D eigenvalue weighted by molar-refractivity contribution is 0.0650. The number of benzene rings is 3. The Balaban J connectivity index is 1.60. The van der Waals surface area contributed by atoms with Gasteiger partial charge in [-0.15, -0.1) is 11.3 Å². The maximum atomic E-state index is 13.8. The van der Waals surface area contributed by atoms with Gasteiger partial charge in [-0.25, -0.2) is 0 Å². The number of rotatable bonds is 4. The Labute approximate surface area is 199 Å². The molecule has 5 rings (SSSR count). The smallest absolute Gasteiger partial charge is 0.271 e. The SMILES string of the molecule is Cc1ccc(N(CN2C(=O)c3ccccc3C2=O)C(=O)c2sc3ccccc3c2Cl)c(C)c1. The van der Waals surface area contributed by atoms with Gasteiger partial charge in [-0.1, -0.05) is 59.6 Å². The second kappa shape index (κ2) is 8.14. The van der Waals surface area contributed by atoms with Gasteiger partial charge in [0.05, 0.1) is 16.1 Å². The second-order valence-electron chi connectivity index (χ2n) is 7.99. The average molecular weight is 475 g/mol. The number of fused-ring (bicyclic) bond motifs is 2. The molecule has 0 spiro atoms. The first-order chi connectivity index (χ1) is 15.9. The van der Waals surface area contributed by atoms with Gasteiger partial charge >= 0.3 is 0 Å². The first kappa shape index (κ1) is 21.4. The summed E-state index contributed by atoms with van der Waals surface area (Å²) in [6.45, 7) is 3.66. The Morgan fingerprint density at radius 1 is 0.939 bits per heavy atom. The quantitative estimate of drug-likeness (QED) is 0.337. The van der Waals surface area contributed by atoms with E-state index >= 15 is 0 Å². The minimum Gasteiger partial charge on any atom is -0.289 e. The number of carbonyl (C=O) groups is 3. The predicted molar refractivity (Wildman–Crippen MR) is 131 cm³/mol. The Morgan fingerprint density at radius 2 is 1.58 bits per heavy atom. The van der Waals surface area contributed by atoms with E-state index < -0.39 is 11.8 Å². The summed E-state index contributed by atoms with van der Waals surface area (Å²) < 4.78 is 0.896. The van der Waals surface area contributed by atoms with Crippen LogP contribution in [0.3, 0.4) is 0 Å². The molecule has 0 bridgehead atoms. The normalized spacial score (nSPS) is 13.0. The fourth-order valence-corrected chi connectivity index (χ4v) is 5.60. The van der Waals surface area contributed by atoms with Crippen molar-refractivity contribution >= 4 is 56.4 Å². The van der Waals surface area contributed by atoms with Gasteiger partial charge in [-0.2, -0.15) is 0 Å². The van der Waals surface area contributed by atoms with Crippen molar-refractivity contribution in [2.45, 2.75) is 13.8 Å². The number of halogens is 1. The molecule has 1 aromatic heterocycles. The summed E-state index contributed by atoms with van der Waals surface area (Å²) in [6, 6.07) is 19.9. The predicted octanol–water partition coefficient (Wildman–Crippen LogP) is 6.07. The molecule has 164 valence electrons. The molecule has 5 nitrogen and oxygen atoms in total. The number of thiophene rings is 1. The third-order valence-corrected chi connectivity index (χ3v) is 7.44. The van der Waals surface area contributed by atoms with Crippen molar-refractivity contribution in [1.29, 1.82) is 0 Å². The van der Waals surface area contributed by atoms with Gasteiger partial charge in [0, 0.05) is 15.8 Å². The summed E-state index contributed by atoms with van der Waals surface area (Å²) in [7, 11) is 0. The molecule has 33 heavy (non-hydrogen) atoms. The minimum atomic E-state index is -0.416. The maximum Gasteiger partial charge on any atom is 0.271 e. The first-order valence-corrected chi connectivity index (χ1v) is 11.6. The van der Waals surface area contributed by atoms with Crippen LogP contribution in [0.25, 0.3) is 10.1 Å². The number of nitrogens with zero attached hydrogens (tertiary/aromatic N) is 2. The fraction of sp³-hybridized carbons (Fsp3) is 0.115. The van der Waals surface area contributed by atoms with Crippen molar-refractivity contribution in [3.8, 4) is 0 Å². The van der Waals surface area contributed by atoms with E-state index in [1.54, 1.807) is 24.3 Å². The van der Waals surface area contributed by atoms with Crippen molar-refractivity contribution < 1.29 is 14.4 Å². The fourth-order valence-electron chi connectivity index (χ4n) is 4.14. The first-order valence-electron chi connectivity index (χ1n) is 10.4. The molecule has 4 aromatic rings. The van der Waals surface area contributed by atoms with Gasteiger partial charge in [-0.05, 0) is 43.7 Å². The number of hydrogen-bond acceptors (Lipinski definition) is 4. The Morgan fingerprint density at radius 3 is 2.21 bits per heavy atom. The maximum absolute atomic E-state index is 13.8. The number of aryl methyl sites for hydroxylation is 2. The highest BCUT2D eigenvalue weighted by atomic mass is 35.5. The van der Waals surface area contributed by atoms with Crippen LogP contribution in [-0.4, -0.2) is 29.3 Å². The van der Waals surface area contributed by atoms with E-state index in [2.05, 4.69) is 0 Å². The topological polar surface area (TPSA) is 57.7 Å². The lowest BCUT2D eigenvalue weighted by atomic mass is 10.1. The van der Waals surface area contributed by atoms with E-state index in [-0.39, 0.29) is 12.6 Å². The number of anilines is 1. The zero-order valence-electron chi connectivity index (χ0n) is 18.0. The number of amides is 3. The van der Waals surface area contributed by atoms with Crippen LogP contribution in [0.15, 0.2) is 66.7 Å². The van der Waals surface area contributed by atoms with E-state index in [1.807, 2.05) is 56.3 Å². The third-order valence-electron chi connectivity index (χ3n) is 5.78. The van der Waals surface area contributed by atoms with Gasteiger partial charge in [0.15, 0.2) is 0 Å². The van der Waals surface area contributed by atoms with Gasteiger partial charge in [0.1, 0.15) is 11.5 Å². The van der Waals surface area contributed by atoms with E-state index in [9.17, 15) is 14.4 Å². The molecule has 0 radical (unpaired) electrons. The molecule has 3 amide bonds. The van der Waals surface area contributed by atoms with Crippen molar-refractivity contribution in [3.63, 3.8) is 0 Å². The Kier molecular flexibility index (Phi) is 5.27. The van der Waals surface area contributed by atoms with E-state index in [4.69, 9.17) is 11.6 Å². The van der Waals surface area contributed by atoms with Gasteiger partial charge < -0.3 is 0 Å². The van der Waals surface area contributed by atoms with Crippen molar-refractivity contribution in [2.24, 2.45) is 0 Å². The van der Waals surface area contributed by atoms with E-state index in [1.165, 1.54) is 16.2 Å². The molecule has 0 aliphatic carbocycles. The minimum absolute atomic E-state index is 0.209. The highest BCUT2D eigenvalue weighted by Crippen LogP contribution is 2.37. The van der Waals surface area contributed by atoms with Gasteiger partial charge in [-0.3, -0.25) is 24.2 Å². The van der Waals surface area contributed by atoms with E-state index in [0.29, 0.717) is 26.7 Å². The molecule has 0 saturated carbocycles. The van der Waals surface area contributed by atoms with Crippen molar-refractivity contribution in [3.05, 3.63) is 98.9 Å². The van der Waals surface area contributed by atoms with Crippen molar-refractivity contribution in [2.75, 3.05) is 11.6 Å². The van der Waals surface area contributed by atoms with Crippen LogP contribution >= 0.6 is 22.9 Å². The van der Waals surface area contributed by atoms with Crippen LogP contribution in [0, 0.1) is 13.8 Å². The number of hydrogen-bond donors (Lipinski definition) is 0. The standard InChI is InChI=1S/C26H19ClN2O3S/c1-15-11-12-20(16(2)13-15)28(14-29-24(30)17-7-3-4-8-18(17)25(29)31)26(32)23-22(27)19-9-5-6-10-21(19)33-23/h3-13H,14H2,1-2H3. The number of carbonyl (C=O) groups excluding carboxylic acids is 3. The summed E-state index contributed by atoms with van der Waals surface area (Å²) in [5.74, 6) is -1.19. The van der Waals surface area contributed by atoms with Crippen LogP contribution in [-0.2, 0) is 0 Å². The highest BCUT2D eigenvalue weighted by molar-refractivity contribution is 7.21. The van der Waals surface area contributed by atoms with Crippen LogP contribution in [0.5, 0.6) is 0 Å². The monoisotopic (exact) mass is 474 g/mol. The lowest BCUT2D eigenvalue weighted by Gasteiger charge is -2.28. The van der Waals surface area contributed by atoms with Crippen LogP contribution in [0.1, 0.15) is 41.5 Å². The molecule has 7 heteroatoms. The molecule has 0 saturated heterocycles. The largest absolute Gasteiger partial charge is 0.289 e. The molecule has 0 unspecified atom stereocenters. The zero-order chi connectivity index (χ0) is 23.3. The summed E-state index contributed by atoms with van der Waals surface area (Å²) in [5, 5.41) is 1.17. The summed E-state index contributed by atoms with van der Waals surface area (Å²) in [5.41, 5.74) is 3.21. The molecule has 1 aliphatic heterocycles. The van der Waals surface area contributed by atoms with Gasteiger partial charge in [0.25, 0.3) is 17.7 Å². The summed E-state index contributed by atoms with van der Waals surface area (Å²) in [4.78, 5) is 42.8. The summed E-state index contributed by atoms with van der Waals surface area (Å²) in [6.07, 6.45) is 0. The average Bonchev–Trinajstić information content (AvgIpc) is 3.27. The van der Waals surface area contributed by atoms with Crippen LogP contribution in [0.4, 0.5) is 5.69 Å². The van der Waals surface area contributed by atoms with Gasteiger partial charge in [0.2, 0.25) is 0 Å². The molecular weight excluding hydrogens is 456 g/mol. The molecule has 0 atom stereocenters. The molecule has 0 N–H and O–H groups in total. The summed E-state index contributed by atoms with van der Waals surface area (Å²) >= 11 is 7.91. The Hall–Kier alpha value is -3.48. The Bertz CT molecular complexity index is 1420. The van der Waals surface area contributed by atoms with Crippen LogP contribution in [0.2, 0.25) is 5.02 Å². The molecule has 3 aromatic carbocycles. The highest BCUT2D eigenvalue weighted by Gasteiger charge is 2.38. The molecule has 0 fully saturated rings. The van der Waals surface area contributed by atoms with Crippen LogP contribution < -0.4 is 4.90 Å².